The second kappa shape index (κ2) is 7.14. The van der Waals surface area contributed by atoms with Gasteiger partial charge in [-0.05, 0) is 12.5 Å². The number of nitrogens with one attached hydrogen (secondary N) is 3. The number of hydrogen-bond acceptors (Lipinski definition) is 4. The van der Waals surface area contributed by atoms with E-state index in [2.05, 4.69) is 15.6 Å². The Hall–Kier alpha value is -1.87. The van der Waals surface area contributed by atoms with Gasteiger partial charge in [-0.25, -0.2) is 0 Å². The van der Waals surface area contributed by atoms with Crippen molar-refractivity contribution >= 4 is 5.91 Å². The molecule has 1 aliphatic heterocycles. The third kappa shape index (κ3) is 4.55. The predicted molar refractivity (Wildman–Crippen MR) is 78.4 cm³/mol. The average molecular weight is 332 g/mol. The lowest BCUT2D eigenvalue weighted by Gasteiger charge is -2.35. The molecule has 0 bridgehead atoms. The van der Waals surface area contributed by atoms with E-state index in [0.717, 1.165) is 0 Å². The largest absolute Gasteiger partial charge is 0.405 e. The zero-order valence-corrected chi connectivity index (χ0v) is 12.7. The van der Waals surface area contributed by atoms with Gasteiger partial charge in [0.25, 0.3) is 5.91 Å². The first-order valence-electron chi connectivity index (χ1n) is 7.28. The van der Waals surface area contributed by atoms with Crippen molar-refractivity contribution < 1.29 is 18.0 Å². The molecule has 1 fully saturated rings. The highest BCUT2D eigenvalue weighted by atomic mass is 19.4. The zero-order chi connectivity index (χ0) is 17.0. The van der Waals surface area contributed by atoms with Crippen molar-refractivity contribution in [1.29, 1.82) is 0 Å². The normalized spacial score (nSPS) is 17.7. The summed E-state index contributed by atoms with van der Waals surface area (Å²) in [6, 6.07) is -0.497. The standard InChI is InChI=1S/C14H19F3N4O2/c1-9-6-12(22)19-7-10(9)13(23)20-8-11(14(15,16)17)21-4-2-18-3-5-21/h6-7,11,18H,2-5,8H2,1H3,(H,19,22)(H,20,23). The van der Waals surface area contributed by atoms with Gasteiger partial charge in [-0.15, -0.1) is 0 Å². The number of alkyl halides is 3. The Kier molecular flexibility index (Phi) is 5.42. The van der Waals surface area contributed by atoms with E-state index in [4.69, 9.17) is 0 Å². The number of pyridine rings is 1. The number of halogens is 3. The molecule has 1 saturated heterocycles. The molecular weight excluding hydrogens is 313 g/mol. The molecule has 0 spiro atoms. The summed E-state index contributed by atoms with van der Waals surface area (Å²) < 4.78 is 39.7. The fourth-order valence-electron chi connectivity index (χ4n) is 2.55. The Morgan fingerprint density at radius 2 is 2.04 bits per heavy atom. The first-order valence-corrected chi connectivity index (χ1v) is 7.28. The van der Waals surface area contributed by atoms with Crippen molar-refractivity contribution in [2.45, 2.75) is 19.1 Å². The molecule has 1 aromatic rings. The molecule has 1 aliphatic rings. The number of aryl methyl sites for hydroxylation is 1. The quantitative estimate of drug-likeness (QED) is 0.739. The number of carbonyl (C=O) groups is 1. The predicted octanol–water partition coefficient (Wildman–Crippen LogP) is 0.249. The van der Waals surface area contributed by atoms with Crippen LogP contribution in [0.25, 0.3) is 0 Å². The number of carbonyl (C=O) groups excluding carboxylic acids is 1. The van der Waals surface area contributed by atoms with Crippen LogP contribution >= 0.6 is 0 Å². The van der Waals surface area contributed by atoms with Gasteiger partial charge in [-0.1, -0.05) is 0 Å². The van der Waals surface area contributed by atoms with Crippen LogP contribution in [-0.4, -0.2) is 60.7 Å². The van der Waals surface area contributed by atoms with Gasteiger partial charge in [0.1, 0.15) is 6.04 Å². The number of hydrogen-bond donors (Lipinski definition) is 3. The zero-order valence-electron chi connectivity index (χ0n) is 12.7. The summed E-state index contributed by atoms with van der Waals surface area (Å²) in [6.07, 6.45) is -3.22. The number of rotatable bonds is 4. The van der Waals surface area contributed by atoms with Gasteiger partial charge in [-0.3, -0.25) is 14.5 Å². The molecule has 0 radical (unpaired) electrons. The van der Waals surface area contributed by atoms with E-state index in [0.29, 0.717) is 18.7 Å². The molecular formula is C14H19F3N4O2. The van der Waals surface area contributed by atoms with Crippen LogP contribution in [0.15, 0.2) is 17.1 Å². The minimum absolute atomic E-state index is 0.158. The molecule has 1 unspecified atom stereocenters. The third-order valence-electron chi connectivity index (χ3n) is 3.80. The Morgan fingerprint density at radius 1 is 1.39 bits per heavy atom. The molecule has 9 heteroatoms. The molecule has 128 valence electrons. The molecule has 6 nitrogen and oxygen atoms in total. The maximum Gasteiger partial charge on any atom is 0.405 e. The van der Waals surface area contributed by atoms with E-state index < -0.39 is 24.7 Å². The number of amides is 1. The highest BCUT2D eigenvalue weighted by Crippen LogP contribution is 2.24. The molecule has 0 aliphatic carbocycles. The summed E-state index contributed by atoms with van der Waals surface area (Å²) >= 11 is 0. The molecule has 1 amide bonds. The van der Waals surface area contributed by atoms with E-state index in [1.165, 1.54) is 17.2 Å². The number of aromatic nitrogens is 1. The fourth-order valence-corrected chi connectivity index (χ4v) is 2.55. The first-order chi connectivity index (χ1) is 10.8. The van der Waals surface area contributed by atoms with Gasteiger partial charge in [0.05, 0.1) is 5.56 Å². The minimum atomic E-state index is -4.43. The van der Waals surface area contributed by atoms with Gasteiger partial charge in [0, 0.05) is 45.0 Å². The van der Waals surface area contributed by atoms with E-state index in [9.17, 15) is 22.8 Å². The topological polar surface area (TPSA) is 77.2 Å². The Balaban J connectivity index is 2.05. The summed E-state index contributed by atoms with van der Waals surface area (Å²) in [5, 5.41) is 5.31. The van der Waals surface area contributed by atoms with Crippen LogP contribution in [0.1, 0.15) is 15.9 Å². The van der Waals surface area contributed by atoms with Crippen LogP contribution < -0.4 is 16.2 Å². The average Bonchev–Trinajstić information content (AvgIpc) is 2.47. The van der Waals surface area contributed by atoms with E-state index >= 15 is 0 Å². The van der Waals surface area contributed by atoms with Crippen molar-refractivity contribution in [2.24, 2.45) is 0 Å². The second-order valence-electron chi connectivity index (χ2n) is 5.45. The van der Waals surface area contributed by atoms with Gasteiger partial charge < -0.3 is 15.6 Å². The molecule has 2 heterocycles. The fraction of sp³-hybridized carbons (Fsp3) is 0.571. The van der Waals surface area contributed by atoms with Crippen molar-refractivity contribution in [3.05, 3.63) is 33.7 Å². The van der Waals surface area contributed by atoms with Crippen molar-refractivity contribution in [2.75, 3.05) is 32.7 Å². The lowest BCUT2D eigenvalue weighted by atomic mass is 10.1. The maximum absolute atomic E-state index is 13.2. The van der Waals surface area contributed by atoms with Gasteiger partial charge in [0.2, 0.25) is 5.56 Å². The Morgan fingerprint density at radius 3 is 2.61 bits per heavy atom. The smallest absolute Gasteiger partial charge is 0.350 e. The van der Waals surface area contributed by atoms with Gasteiger partial charge >= 0.3 is 6.18 Å². The van der Waals surface area contributed by atoms with Crippen LogP contribution in [0.5, 0.6) is 0 Å². The van der Waals surface area contributed by atoms with Crippen molar-refractivity contribution in [1.82, 2.24) is 20.5 Å². The number of H-pyrrole nitrogens is 1. The number of nitrogens with zero attached hydrogens (tertiary/aromatic N) is 1. The lowest BCUT2D eigenvalue weighted by molar-refractivity contribution is -0.183. The summed E-state index contributed by atoms with van der Waals surface area (Å²) in [5.74, 6) is -0.636. The monoisotopic (exact) mass is 332 g/mol. The van der Waals surface area contributed by atoms with Crippen LogP contribution in [-0.2, 0) is 0 Å². The summed E-state index contributed by atoms with van der Waals surface area (Å²) in [7, 11) is 0. The highest BCUT2D eigenvalue weighted by molar-refractivity contribution is 5.95. The van der Waals surface area contributed by atoms with Crippen LogP contribution in [0.3, 0.4) is 0 Å². The Labute approximate surface area is 131 Å². The van der Waals surface area contributed by atoms with Crippen LogP contribution in [0, 0.1) is 6.92 Å². The summed E-state index contributed by atoms with van der Waals surface area (Å²) in [5.41, 5.74) is 0.204. The van der Waals surface area contributed by atoms with Gasteiger partial charge in [0.15, 0.2) is 0 Å². The molecule has 1 atom stereocenters. The van der Waals surface area contributed by atoms with E-state index in [-0.39, 0.29) is 24.2 Å². The minimum Gasteiger partial charge on any atom is -0.350 e. The first kappa shape index (κ1) is 17.5. The van der Waals surface area contributed by atoms with Gasteiger partial charge in [-0.2, -0.15) is 13.2 Å². The molecule has 2 rings (SSSR count). The van der Waals surface area contributed by atoms with E-state index in [1.807, 2.05) is 0 Å². The van der Waals surface area contributed by atoms with Crippen molar-refractivity contribution in [3.8, 4) is 0 Å². The molecule has 0 saturated carbocycles. The molecule has 1 aromatic heterocycles. The SMILES string of the molecule is Cc1cc(=O)[nH]cc1C(=O)NCC(N1CCNCC1)C(F)(F)F. The summed E-state index contributed by atoms with van der Waals surface area (Å²) in [6.45, 7) is 2.55. The van der Waals surface area contributed by atoms with Crippen LogP contribution in [0.4, 0.5) is 13.2 Å². The Bertz CT molecular complexity index is 609. The van der Waals surface area contributed by atoms with Crippen LogP contribution in [0.2, 0.25) is 0 Å². The molecule has 0 aromatic carbocycles. The lowest BCUT2D eigenvalue weighted by Crippen LogP contribution is -2.57. The summed E-state index contributed by atoms with van der Waals surface area (Å²) in [4.78, 5) is 26.8. The second-order valence-corrected chi connectivity index (χ2v) is 5.45. The van der Waals surface area contributed by atoms with Crippen molar-refractivity contribution in [3.63, 3.8) is 0 Å². The molecule has 23 heavy (non-hydrogen) atoms. The van der Waals surface area contributed by atoms with E-state index in [1.54, 1.807) is 6.92 Å². The number of aromatic amines is 1. The maximum atomic E-state index is 13.2. The number of piperazine rings is 1. The molecule has 3 N–H and O–H groups in total. The third-order valence-corrected chi connectivity index (χ3v) is 3.80. The highest BCUT2D eigenvalue weighted by Gasteiger charge is 2.43.